The first-order valence-corrected chi connectivity index (χ1v) is 8.42. The fraction of sp³-hybridized carbons (Fsp3) is 0.188. The highest BCUT2D eigenvalue weighted by molar-refractivity contribution is 7.89. The fourth-order valence-corrected chi connectivity index (χ4v) is 2.76. The molecule has 0 saturated carbocycles. The highest BCUT2D eigenvalue weighted by Gasteiger charge is 2.13. The van der Waals surface area contributed by atoms with E-state index in [0.29, 0.717) is 5.69 Å². The normalized spacial score (nSPS) is 12.4. The molecule has 0 saturated heterocycles. The molecule has 2 aromatic rings. The number of nitrogens with two attached hydrogens (primary N) is 1. The van der Waals surface area contributed by atoms with Crippen LogP contribution in [0.3, 0.4) is 0 Å². The number of nitriles is 1. The summed E-state index contributed by atoms with van der Waals surface area (Å²) in [7, 11) is -3.86. The SMILES string of the molecule is Cc1ccccc1C(O)CNc1ccc(S(N)(=O)=O)cc1C#N. The highest BCUT2D eigenvalue weighted by atomic mass is 32.2. The van der Waals surface area contributed by atoms with Crippen molar-refractivity contribution in [3.8, 4) is 6.07 Å². The van der Waals surface area contributed by atoms with Gasteiger partial charge in [-0.25, -0.2) is 13.6 Å². The Morgan fingerprint density at radius 3 is 2.61 bits per heavy atom. The number of hydrogen-bond acceptors (Lipinski definition) is 5. The Hall–Kier alpha value is -2.40. The van der Waals surface area contributed by atoms with E-state index in [1.807, 2.05) is 37.3 Å². The molecule has 0 spiro atoms. The molecule has 1 atom stereocenters. The van der Waals surface area contributed by atoms with Crippen molar-refractivity contribution in [3.63, 3.8) is 0 Å². The van der Waals surface area contributed by atoms with Crippen LogP contribution in [0.2, 0.25) is 0 Å². The molecule has 4 N–H and O–H groups in total. The van der Waals surface area contributed by atoms with Crippen LogP contribution in [0.1, 0.15) is 22.8 Å². The number of benzene rings is 2. The molecular formula is C16H17N3O3S. The van der Waals surface area contributed by atoms with Crippen molar-refractivity contribution in [1.29, 1.82) is 5.26 Å². The lowest BCUT2D eigenvalue weighted by Gasteiger charge is -2.16. The number of anilines is 1. The van der Waals surface area contributed by atoms with Gasteiger partial charge >= 0.3 is 0 Å². The van der Waals surface area contributed by atoms with Crippen LogP contribution in [0.25, 0.3) is 0 Å². The van der Waals surface area contributed by atoms with Gasteiger partial charge in [0.05, 0.1) is 22.3 Å². The van der Waals surface area contributed by atoms with Crippen molar-refractivity contribution < 1.29 is 13.5 Å². The molecule has 0 aromatic heterocycles. The molecule has 0 aliphatic heterocycles. The summed E-state index contributed by atoms with van der Waals surface area (Å²) in [6.07, 6.45) is -0.749. The number of rotatable bonds is 5. The summed E-state index contributed by atoms with van der Waals surface area (Å²) in [6.45, 7) is 2.09. The summed E-state index contributed by atoms with van der Waals surface area (Å²) in [5.74, 6) is 0. The van der Waals surface area contributed by atoms with Crippen LogP contribution in [0.15, 0.2) is 47.4 Å². The third-order valence-corrected chi connectivity index (χ3v) is 4.38. The molecular weight excluding hydrogens is 314 g/mol. The Morgan fingerprint density at radius 1 is 1.30 bits per heavy atom. The minimum atomic E-state index is -3.86. The molecule has 0 heterocycles. The zero-order chi connectivity index (χ0) is 17.0. The Morgan fingerprint density at radius 2 is 2.00 bits per heavy atom. The van der Waals surface area contributed by atoms with Gasteiger partial charge in [0.15, 0.2) is 0 Å². The van der Waals surface area contributed by atoms with Crippen molar-refractivity contribution in [3.05, 3.63) is 59.2 Å². The molecule has 0 fully saturated rings. The van der Waals surface area contributed by atoms with E-state index in [1.54, 1.807) is 0 Å². The standard InChI is InChI=1S/C16H17N3O3S/c1-11-4-2-3-5-14(11)16(20)10-19-15-7-6-13(23(18,21)22)8-12(15)9-17/h2-8,16,19-20H,10H2,1H3,(H2,18,21,22). The predicted molar refractivity (Wildman–Crippen MR) is 87.2 cm³/mol. The Bertz CT molecular complexity index is 857. The van der Waals surface area contributed by atoms with Gasteiger partial charge in [0, 0.05) is 6.54 Å². The maximum Gasteiger partial charge on any atom is 0.238 e. The zero-order valence-corrected chi connectivity index (χ0v) is 13.3. The number of nitrogens with one attached hydrogen (secondary N) is 1. The smallest absolute Gasteiger partial charge is 0.238 e. The topological polar surface area (TPSA) is 116 Å². The number of hydrogen-bond donors (Lipinski definition) is 3. The van der Waals surface area contributed by atoms with Crippen molar-refractivity contribution in [2.45, 2.75) is 17.9 Å². The quantitative estimate of drug-likeness (QED) is 0.770. The van der Waals surface area contributed by atoms with Crippen molar-refractivity contribution in [2.75, 3.05) is 11.9 Å². The molecule has 2 rings (SSSR count). The second-order valence-electron chi connectivity index (χ2n) is 5.12. The maximum absolute atomic E-state index is 11.3. The monoisotopic (exact) mass is 331 g/mol. The average Bonchev–Trinajstić information content (AvgIpc) is 2.52. The van der Waals surface area contributed by atoms with E-state index in [0.717, 1.165) is 11.1 Å². The molecule has 0 amide bonds. The summed E-state index contributed by atoms with van der Waals surface area (Å²) in [5.41, 5.74) is 2.34. The molecule has 0 aliphatic rings. The van der Waals surface area contributed by atoms with Crippen LogP contribution in [0.4, 0.5) is 5.69 Å². The van der Waals surface area contributed by atoms with E-state index in [4.69, 9.17) is 10.4 Å². The van der Waals surface area contributed by atoms with E-state index in [9.17, 15) is 13.5 Å². The molecule has 0 aliphatic carbocycles. The first-order valence-electron chi connectivity index (χ1n) is 6.87. The number of aliphatic hydroxyl groups excluding tert-OH is 1. The third kappa shape index (κ3) is 4.07. The van der Waals surface area contributed by atoms with E-state index in [2.05, 4.69) is 5.32 Å². The first-order chi connectivity index (χ1) is 10.8. The van der Waals surface area contributed by atoms with E-state index < -0.39 is 16.1 Å². The average molecular weight is 331 g/mol. The highest BCUT2D eigenvalue weighted by Crippen LogP contribution is 2.22. The molecule has 1 unspecified atom stereocenters. The van der Waals surface area contributed by atoms with Crippen LogP contribution >= 0.6 is 0 Å². The summed E-state index contributed by atoms with van der Waals surface area (Å²) in [6, 6.07) is 13.4. The molecule has 0 bridgehead atoms. The first kappa shape index (κ1) is 17.0. The number of aliphatic hydroxyl groups is 1. The van der Waals surface area contributed by atoms with E-state index in [1.165, 1.54) is 18.2 Å². The molecule has 0 radical (unpaired) electrons. The van der Waals surface area contributed by atoms with Gasteiger partial charge in [-0.05, 0) is 36.2 Å². The Labute approximate surface area is 135 Å². The summed E-state index contributed by atoms with van der Waals surface area (Å²) < 4.78 is 22.6. The predicted octanol–water partition coefficient (Wildman–Crippen LogP) is 1.66. The molecule has 120 valence electrons. The molecule has 2 aromatic carbocycles. The summed E-state index contributed by atoms with van der Waals surface area (Å²) in [4.78, 5) is -0.126. The lowest BCUT2D eigenvalue weighted by molar-refractivity contribution is 0.191. The minimum absolute atomic E-state index is 0.126. The van der Waals surface area contributed by atoms with E-state index >= 15 is 0 Å². The Kier molecular flexibility index (Phi) is 5.01. The van der Waals surface area contributed by atoms with Crippen molar-refractivity contribution >= 4 is 15.7 Å². The number of primary sulfonamides is 1. The molecule has 6 nitrogen and oxygen atoms in total. The minimum Gasteiger partial charge on any atom is -0.387 e. The van der Waals surface area contributed by atoms with Gasteiger partial charge < -0.3 is 10.4 Å². The van der Waals surface area contributed by atoms with Crippen LogP contribution < -0.4 is 10.5 Å². The van der Waals surface area contributed by atoms with E-state index in [-0.39, 0.29) is 17.0 Å². The fourth-order valence-electron chi connectivity index (χ4n) is 2.22. The van der Waals surface area contributed by atoms with Crippen LogP contribution in [-0.2, 0) is 10.0 Å². The number of aryl methyl sites for hydroxylation is 1. The second kappa shape index (κ2) is 6.79. The van der Waals surface area contributed by atoms with Gasteiger partial charge in [-0.2, -0.15) is 5.26 Å². The van der Waals surface area contributed by atoms with Gasteiger partial charge in [-0.15, -0.1) is 0 Å². The Balaban J connectivity index is 2.18. The second-order valence-corrected chi connectivity index (χ2v) is 6.68. The summed E-state index contributed by atoms with van der Waals surface area (Å²) in [5, 5.41) is 27.4. The number of nitrogens with zero attached hydrogens (tertiary/aromatic N) is 1. The third-order valence-electron chi connectivity index (χ3n) is 3.47. The molecule has 23 heavy (non-hydrogen) atoms. The summed E-state index contributed by atoms with van der Waals surface area (Å²) >= 11 is 0. The van der Waals surface area contributed by atoms with Gasteiger partial charge in [-0.1, -0.05) is 24.3 Å². The lowest BCUT2D eigenvalue weighted by Crippen LogP contribution is -2.15. The van der Waals surface area contributed by atoms with Crippen molar-refractivity contribution in [1.82, 2.24) is 0 Å². The van der Waals surface area contributed by atoms with Crippen molar-refractivity contribution in [2.24, 2.45) is 5.14 Å². The zero-order valence-electron chi connectivity index (χ0n) is 12.5. The van der Waals surface area contributed by atoms with Gasteiger partial charge in [0.25, 0.3) is 0 Å². The number of sulfonamides is 1. The van der Waals surface area contributed by atoms with Gasteiger partial charge in [0.2, 0.25) is 10.0 Å². The van der Waals surface area contributed by atoms with Gasteiger partial charge in [-0.3, -0.25) is 0 Å². The lowest BCUT2D eigenvalue weighted by atomic mass is 10.0. The maximum atomic E-state index is 11.3. The molecule has 7 heteroatoms. The van der Waals surface area contributed by atoms with Gasteiger partial charge in [0.1, 0.15) is 6.07 Å². The largest absolute Gasteiger partial charge is 0.387 e. The van der Waals surface area contributed by atoms with Crippen LogP contribution in [-0.4, -0.2) is 20.1 Å². The van der Waals surface area contributed by atoms with Crippen LogP contribution in [0.5, 0.6) is 0 Å². The van der Waals surface area contributed by atoms with Crippen LogP contribution in [0, 0.1) is 18.3 Å².